The van der Waals surface area contributed by atoms with Crippen LogP contribution < -0.4 is 16.0 Å². The maximum absolute atomic E-state index is 11.6. The molecular formula is C18H31N5O2. The van der Waals surface area contributed by atoms with E-state index >= 15 is 0 Å². The molecule has 7 nitrogen and oxygen atoms in total. The van der Waals surface area contributed by atoms with Crippen LogP contribution in [0.15, 0.2) is 4.99 Å². The molecule has 7 heteroatoms. The second-order valence-corrected chi connectivity index (χ2v) is 7.42. The Morgan fingerprint density at radius 2 is 2.00 bits per heavy atom. The Bertz CT molecular complexity index is 506. The normalized spacial score (nSPS) is 30.0. The zero-order valence-electron chi connectivity index (χ0n) is 15.2. The average molecular weight is 349 g/mol. The molecule has 0 aromatic carbocycles. The predicted molar refractivity (Wildman–Crippen MR) is 97.3 cm³/mol. The molecule has 2 saturated carbocycles. The molecule has 3 fully saturated rings. The van der Waals surface area contributed by atoms with Gasteiger partial charge in [-0.1, -0.05) is 25.7 Å². The highest BCUT2D eigenvalue weighted by atomic mass is 16.2. The fourth-order valence-electron chi connectivity index (χ4n) is 4.46. The van der Waals surface area contributed by atoms with Crippen molar-refractivity contribution in [3.05, 3.63) is 0 Å². The molecule has 3 aliphatic rings. The van der Waals surface area contributed by atoms with E-state index in [9.17, 15) is 9.59 Å². The lowest BCUT2D eigenvalue weighted by Crippen LogP contribution is -2.47. The SMILES string of the molecule is CCNC(=NCCN1C(=O)CNC1=O)NC1CCC2CCCCC2C1. The number of urea groups is 1. The lowest BCUT2D eigenvalue weighted by molar-refractivity contribution is -0.124. The van der Waals surface area contributed by atoms with Gasteiger partial charge in [-0.15, -0.1) is 0 Å². The number of rotatable bonds is 5. The summed E-state index contributed by atoms with van der Waals surface area (Å²) in [5, 5.41) is 9.39. The number of fused-ring (bicyclic) bond motifs is 1. The highest BCUT2D eigenvalue weighted by Crippen LogP contribution is 2.40. The Morgan fingerprint density at radius 1 is 1.20 bits per heavy atom. The molecule has 0 aromatic rings. The van der Waals surface area contributed by atoms with Gasteiger partial charge < -0.3 is 16.0 Å². The predicted octanol–water partition coefficient (Wildman–Crippen LogP) is 1.45. The summed E-state index contributed by atoms with van der Waals surface area (Å²) < 4.78 is 0. The van der Waals surface area contributed by atoms with E-state index < -0.39 is 0 Å². The molecule has 0 radical (unpaired) electrons. The summed E-state index contributed by atoms with van der Waals surface area (Å²) in [5.41, 5.74) is 0. The van der Waals surface area contributed by atoms with Crippen LogP contribution in [0.3, 0.4) is 0 Å². The van der Waals surface area contributed by atoms with Crippen LogP contribution in [0.25, 0.3) is 0 Å². The molecule has 1 saturated heterocycles. The van der Waals surface area contributed by atoms with Crippen LogP contribution in [0.5, 0.6) is 0 Å². The molecule has 3 atom stereocenters. The molecule has 3 amide bonds. The van der Waals surface area contributed by atoms with Gasteiger partial charge in [-0.2, -0.15) is 0 Å². The molecule has 140 valence electrons. The molecule has 25 heavy (non-hydrogen) atoms. The summed E-state index contributed by atoms with van der Waals surface area (Å²) in [6.07, 6.45) is 9.35. The number of hydrogen-bond donors (Lipinski definition) is 3. The van der Waals surface area contributed by atoms with Crippen molar-refractivity contribution >= 4 is 17.9 Å². The number of nitrogens with zero attached hydrogens (tertiary/aromatic N) is 2. The van der Waals surface area contributed by atoms with E-state index in [1.807, 2.05) is 6.92 Å². The van der Waals surface area contributed by atoms with Crippen molar-refractivity contribution < 1.29 is 9.59 Å². The Balaban J connectivity index is 1.50. The first-order valence-electron chi connectivity index (χ1n) is 9.80. The Hall–Kier alpha value is -1.79. The lowest BCUT2D eigenvalue weighted by Gasteiger charge is -2.39. The molecule has 2 aliphatic carbocycles. The molecule has 0 spiro atoms. The Labute approximate surface area is 150 Å². The highest BCUT2D eigenvalue weighted by Gasteiger charge is 2.32. The van der Waals surface area contributed by atoms with Gasteiger partial charge in [-0.3, -0.25) is 14.7 Å². The van der Waals surface area contributed by atoms with Gasteiger partial charge in [-0.05, 0) is 38.0 Å². The van der Waals surface area contributed by atoms with Crippen LogP contribution in [-0.2, 0) is 4.79 Å². The quantitative estimate of drug-likeness (QED) is 0.398. The van der Waals surface area contributed by atoms with Gasteiger partial charge in [0.25, 0.3) is 0 Å². The fourth-order valence-corrected chi connectivity index (χ4v) is 4.46. The van der Waals surface area contributed by atoms with E-state index in [0.717, 1.165) is 24.3 Å². The summed E-state index contributed by atoms with van der Waals surface area (Å²) in [6, 6.07) is 0.169. The molecule has 3 rings (SSSR count). The minimum absolute atomic E-state index is 0.103. The van der Waals surface area contributed by atoms with Gasteiger partial charge in [-0.25, -0.2) is 4.79 Å². The number of carbonyl (C=O) groups excluding carboxylic acids is 2. The number of imide groups is 1. The standard InChI is InChI=1S/C18H31N5O2/c1-2-19-17(20-9-10-23-16(24)12-21-18(23)25)22-15-8-7-13-5-3-4-6-14(13)11-15/h13-15H,2-12H2,1H3,(H,21,25)(H2,19,20,22). The van der Waals surface area contributed by atoms with E-state index in [2.05, 4.69) is 20.9 Å². The molecule has 1 heterocycles. The monoisotopic (exact) mass is 349 g/mol. The van der Waals surface area contributed by atoms with E-state index in [4.69, 9.17) is 0 Å². The minimum Gasteiger partial charge on any atom is -0.357 e. The number of amides is 3. The van der Waals surface area contributed by atoms with Gasteiger partial charge in [0, 0.05) is 12.6 Å². The second kappa shape index (κ2) is 8.54. The average Bonchev–Trinajstić information content (AvgIpc) is 2.94. The number of guanidine groups is 1. The maximum Gasteiger partial charge on any atom is 0.324 e. The van der Waals surface area contributed by atoms with E-state index in [1.165, 1.54) is 49.8 Å². The van der Waals surface area contributed by atoms with Gasteiger partial charge >= 0.3 is 6.03 Å². The summed E-state index contributed by atoms with van der Waals surface area (Å²) >= 11 is 0. The summed E-state index contributed by atoms with van der Waals surface area (Å²) in [6.45, 7) is 3.70. The summed E-state index contributed by atoms with van der Waals surface area (Å²) in [5.74, 6) is 2.43. The van der Waals surface area contributed by atoms with Crippen LogP contribution in [0.4, 0.5) is 4.79 Å². The maximum atomic E-state index is 11.6. The molecule has 1 aliphatic heterocycles. The number of hydrogen-bond acceptors (Lipinski definition) is 3. The smallest absolute Gasteiger partial charge is 0.324 e. The van der Waals surface area contributed by atoms with Gasteiger partial charge in [0.2, 0.25) is 5.91 Å². The van der Waals surface area contributed by atoms with Crippen molar-refractivity contribution in [1.29, 1.82) is 0 Å². The van der Waals surface area contributed by atoms with Crippen molar-refractivity contribution in [2.45, 2.75) is 57.9 Å². The summed E-state index contributed by atoms with van der Waals surface area (Å²) in [7, 11) is 0. The zero-order valence-corrected chi connectivity index (χ0v) is 15.2. The molecular weight excluding hydrogens is 318 g/mol. The van der Waals surface area contributed by atoms with E-state index in [-0.39, 0.29) is 18.5 Å². The first-order valence-corrected chi connectivity index (χ1v) is 9.80. The molecule has 0 bridgehead atoms. The first kappa shape index (κ1) is 18.0. The van der Waals surface area contributed by atoms with Gasteiger partial charge in [0.15, 0.2) is 5.96 Å². The Kier molecular flexibility index (Phi) is 6.15. The zero-order chi connectivity index (χ0) is 17.6. The van der Waals surface area contributed by atoms with Crippen molar-refractivity contribution in [2.75, 3.05) is 26.2 Å². The Morgan fingerprint density at radius 3 is 2.72 bits per heavy atom. The minimum atomic E-state index is -0.311. The van der Waals surface area contributed by atoms with Crippen LogP contribution in [0, 0.1) is 11.8 Å². The molecule has 3 N–H and O–H groups in total. The van der Waals surface area contributed by atoms with Crippen molar-refractivity contribution in [1.82, 2.24) is 20.9 Å². The fraction of sp³-hybridized carbons (Fsp3) is 0.833. The van der Waals surface area contributed by atoms with Crippen molar-refractivity contribution in [2.24, 2.45) is 16.8 Å². The largest absolute Gasteiger partial charge is 0.357 e. The van der Waals surface area contributed by atoms with Crippen molar-refractivity contribution in [3.8, 4) is 0 Å². The lowest BCUT2D eigenvalue weighted by atomic mass is 9.69. The third kappa shape index (κ3) is 4.64. The van der Waals surface area contributed by atoms with E-state index in [1.54, 1.807) is 0 Å². The third-order valence-corrected chi connectivity index (χ3v) is 5.76. The summed E-state index contributed by atoms with van der Waals surface area (Å²) in [4.78, 5) is 29.0. The van der Waals surface area contributed by atoms with Gasteiger partial charge in [0.1, 0.15) is 0 Å². The van der Waals surface area contributed by atoms with Crippen LogP contribution in [0.1, 0.15) is 51.9 Å². The molecule has 0 aromatic heterocycles. The first-order chi connectivity index (χ1) is 12.2. The van der Waals surface area contributed by atoms with Crippen LogP contribution in [0.2, 0.25) is 0 Å². The van der Waals surface area contributed by atoms with Gasteiger partial charge in [0.05, 0.1) is 19.6 Å². The third-order valence-electron chi connectivity index (χ3n) is 5.76. The topological polar surface area (TPSA) is 85.8 Å². The van der Waals surface area contributed by atoms with Crippen LogP contribution >= 0.6 is 0 Å². The van der Waals surface area contributed by atoms with Crippen molar-refractivity contribution in [3.63, 3.8) is 0 Å². The highest BCUT2D eigenvalue weighted by molar-refractivity contribution is 6.01. The van der Waals surface area contributed by atoms with Crippen LogP contribution in [-0.4, -0.2) is 55.0 Å². The molecule has 3 unspecified atom stereocenters. The van der Waals surface area contributed by atoms with E-state index in [0.29, 0.717) is 19.1 Å². The second-order valence-electron chi connectivity index (χ2n) is 7.42. The number of aliphatic imine (C=N–C) groups is 1. The number of nitrogens with one attached hydrogen (secondary N) is 3. The number of carbonyl (C=O) groups is 2.